The SMILES string of the molecule is N#Cc1ccc(CN2CCC(CF)CC2)o1. The summed E-state index contributed by atoms with van der Waals surface area (Å²) in [4.78, 5) is 2.24. The largest absolute Gasteiger partial charge is 0.449 e. The molecule has 0 saturated carbocycles. The van der Waals surface area contributed by atoms with Crippen LogP contribution in [-0.2, 0) is 6.54 Å². The van der Waals surface area contributed by atoms with Gasteiger partial charge in [-0.25, -0.2) is 0 Å². The second-order valence-corrected chi connectivity index (χ2v) is 4.25. The molecule has 0 radical (unpaired) electrons. The van der Waals surface area contributed by atoms with Gasteiger partial charge in [0.2, 0.25) is 5.76 Å². The molecule has 16 heavy (non-hydrogen) atoms. The summed E-state index contributed by atoms with van der Waals surface area (Å²) in [6, 6.07) is 5.48. The molecule has 1 aliphatic heterocycles. The third-order valence-electron chi connectivity index (χ3n) is 3.08. The maximum Gasteiger partial charge on any atom is 0.203 e. The lowest BCUT2D eigenvalue weighted by molar-refractivity contribution is 0.150. The second kappa shape index (κ2) is 5.13. The zero-order valence-electron chi connectivity index (χ0n) is 9.16. The Morgan fingerprint density at radius 3 is 2.75 bits per heavy atom. The van der Waals surface area contributed by atoms with Crippen LogP contribution in [-0.4, -0.2) is 24.7 Å². The molecule has 2 rings (SSSR count). The topological polar surface area (TPSA) is 40.2 Å². The number of piperidine rings is 1. The van der Waals surface area contributed by atoms with Gasteiger partial charge >= 0.3 is 0 Å². The molecule has 0 aliphatic carbocycles. The molecule has 0 aromatic carbocycles. The fraction of sp³-hybridized carbons (Fsp3) is 0.583. The number of nitrogens with zero attached hydrogens (tertiary/aromatic N) is 2. The Kier molecular flexibility index (Phi) is 3.58. The zero-order valence-corrected chi connectivity index (χ0v) is 9.16. The summed E-state index contributed by atoms with van der Waals surface area (Å²) in [5.41, 5.74) is 0. The Hall–Kier alpha value is -1.34. The van der Waals surface area contributed by atoms with Gasteiger partial charge in [0.15, 0.2) is 0 Å². The van der Waals surface area contributed by atoms with Crippen LogP contribution >= 0.6 is 0 Å². The highest BCUT2D eigenvalue weighted by molar-refractivity contribution is 5.19. The quantitative estimate of drug-likeness (QED) is 0.788. The number of alkyl halides is 1. The second-order valence-electron chi connectivity index (χ2n) is 4.25. The van der Waals surface area contributed by atoms with Gasteiger partial charge in [-0.05, 0) is 44.0 Å². The van der Waals surface area contributed by atoms with Crippen molar-refractivity contribution in [1.29, 1.82) is 5.26 Å². The van der Waals surface area contributed by atoms with Gasteiger partial charge in [-0.2, -0.15) is 5.26 Å². The van der Waals surface area contributed by atoms with Gasteiger partial charge in [0.1, 0.15) is 11.8 Å². The van der Waals surface area contributed by atoms with Crippen molar-refractivity contribution in [2.45, 2.75) is 19.4 Å². The van der Waals surface area contributed by atoms with Crippen LogP contribution < -0.4 is 0 Å². The minimum absolute atomic E-state index is 0.201. The van der Waals surface area contributed by atoms with Crippen LogP contribution in [0.4, 0.5) is 4.39 Å². The molecule has 1 fully saturated rings. The molecule has 0 bridgehead atoms. The predicted octanol–water partition coefficient (Wildman–Crippen LogP) is 2.33. The summed E-state index contributed by atoms with van der Waals surface area (Å²) in [6.45, 7) is 2.35. The van der Waals surface area contributed by atoms with E-state index < -0.39 is 0 Å². The Labute approximate surface area is 94.5 Å². The highest BCUT2D eigenvalue weighted by Crippen LogP contribution is 2.19. The van der Waals surface area contributed by atoms with E-state index in [0.29, 0.717) is 5.76 Å². The fourth-order valence-corrected chi connectivity index (χ4v) is 2.04. The van der Waals surface area contributed by atoms with Gasteiger partial charge < -0.3 is 4.42 Å². The lowest BCUT2D eigenvalue weighted by Crippen LogP contribution is -2.33. The van der Waals surface area contributed by atoms with Crippen molar-refractivity contribution < 1.29 is 8.81 Å². The molecule has 1 aromatic rings. The van der Waals surface area contributed by atoms with Crippen LogP contribution in [0.15, 0.2) is 16.5 Å². The molecule has 0 spiro atoms. The maximum atomic E-state index is 12.4. The number of rotatable bonds is 3. The first-order valence-corrected chi connectivity index (χ1v) is 5.59. The van der Waals surface area contributed by atoms with Crippen LogP contribution in [0.2, 0.25) is 0 Å². The first kappa shape index (κ1) is 11.2. The van der Waals surface area contributed by atoms with Crippen LogP contribution in [0.1, 0.15) is 24.4 Å². The van der Waals surface area contributed by atoms with E-state index in [2.05, 4.69) is 4.90 Å². The third kappa shape index (κ3) is 2.61. The monoisotopic (exact) mass is 222 g/mol. The maximum absolute atomic E-state index is 12.4. The molecule has 0 atom stereocenters. The van der Waals surface area contributed by atoms with E-state index in [0.717, 1.165) is 38.2 Å². The van der Waals surface area contributed by atoms with Crippen molar-refractivity contribution in [2.24, 2.45) is 5.92 Å². The lowest BCUT2D eigenvalue weighted by atomic mass is 9.98. The van der Waals surface area contributed by atoms with E-state index in [1.165, 1.54) is 0 Å². The van der Waals surface area contributed by atoms with Gasteiger partial charge in [0, 0.05) is 0 Å². The number of hydrogen-bond donors (Lipinski definition) is 0. The molecule has 1 aromatic heterocycles. The Morgan fingerprint density at radius 1 is 1.44 bits per heavy atom. The van der Waals surface area contributed by atoms with Gasteiger partial charge in [-0.15, -0.1) is 0 Å². The fourth-order valence-electron chi connectivity index (χ4n) is 2.04. The summed E-state index contributed by atoms with van der Waals surface area (Å²) in [5.74, 6) is 1.41. The van der Waals surface area contributed by atoms with Crippen molar-refractivity contribution in [2.75, 3.05) is 19.8 Å². The standard InChI is InChI=1S/C12H15FN2O/c13-7-10-3-5-15(6-4-10)9-12-2-1-11(8-14)16-12/h1-2,10H,3-7,9H2. The minimum atomic E-state index is -0.201. The van der Waals surface area contributed by atoms with Gasteiger partial charge in [-0.1, -0.05) is 0 Å². The summed E-state index contributed by atoms with van der Waals surface area (Å²) < 4.78 is 17.7. The van der Waals surface area contributed by atoms with Crippen LogP contribution in [0.3, 0.4) is 0 Å². The van der Waals surface area contributed by atoms with E-state index in [1.807, 2.05) is 12.1 Å². The molecule has 2 heterocycles. The predicted molar refractivity (Wildman–Crippen MR) is 57.4 cm³/mol. The number of halogens is 1. The zero-order chi connectivity index (χ0) is 11.4. The van der Waals surface area contributed by atoms with Crippen molar-refractivity contribution in [3.05, 3.63) is 23.7 Å². The molecular formula is C12H15FN2O. The molecule has 0 unspecified atom stereocenters. The van der Waals surface area contributed by atoms with E-state index in [4.69, 9.17) is 9.68 Å². The first-order chi connectivity index (χ1) is 7.81. The Bertz CT molecular complexity index is 375. The smallest absolute Gasteiger partial charge is 0.203 e. The number of furan rings is 1. The molecule has 3 nitrogen and oxygen atoms in total. The highest BCUT2D eigenvalue weighted by Gasteiger charge is 2.19. The van der Waals surface area contributed by atoms with Crippen molar-refractivity contribution in [3.8, 4) is 6.07 Å². The van der Waals surface area contributed by atoms with Crippen molar-refractivity contribution >= 4 is 0 Å². The van der Waals surface area contributed by atoms with Gasteiger partial charge in [-0.3, -0.25) is 9.29 Å². The van der Waals surface area contributed by atoms with Crippen molar-refractivity contribution in [1.82, 2.24) is 4.90 Å². The average Bonchev–Trinajstić information content (AvgIpc) is 2.78. The van der Waals surface area contributed by atoms with Gasteiger partial charge in [0.05, 0.1) is 13.2 Å². The molecule has 1 aliphatic rings. The average molecular weight is 222 g/mol. The van der Waals surface area contributed by atoms with Crippen LogP contribution in [0.5, 0.6) is 0 Å². The Balaban J connectivity index is 1.85. The molecule has 0 amide bonds. The summed E-state index contributed by atoms with van der Waals surface area (Å²) in [6.07, 6.45) is 1.84. The van der Waals surface area contributed by atoms with E-state index in [9.17, 15) is 4.39 Å². The number of likely N-dealkylation sites (tertiary alicyclic amines) is 1. The van der Waals surface area contributed by atoms with Gasteiger partial charge in [0.25, 0.3) is 0 Å². The first-order valence-electron chi connectivity index (χ1n) is 5.59. The van der Waals surface area contributed by atoms with E-state index in [1.54, 1.807) is 6.07 Å². The normalized spacial score (nSPS) is 18.5. The van der Waals surface area contributed by atoms with Crippen LogP contribution in [0, 0.1) is 17.2 Å². The van der Waals surface area contributed by atoms with E-state index in [-0.39, 0.29) is 12.6 Å². The number of hydrogen-bond acceptors (Lipinski definition) is 3. The minimum Gasteiger partial charge on any atom is -0.449 e. The molecule has 1 saturated heterocycles. The summed E-state index contributed by atoms with van der Waals surface area (Å²) in [5, 5.41) is 8.62. The summed E-state index contributed by atoms with van der Waals surface area (Å²) >= 11 is 0. The summed E-state index contributed by atoms with van der Waals surface area (Å²) in [7, 11) is 0. The molecule has 86 valence electrons. The molecular weight excluding hydrogens is 207 g/mol. The third-order valence-corrected chi connectivity index (χ3v) is 3.08. The van der Waals surface area contributed by atoms with Crippen molar-refractivity contribution in [3.63, 3.8) is 0 Å². The Morgan fingerprint density at radius 2 is 2.19 bits per heavy atom. The molecule has 0 N–H and O–H groups in total. The number of nitriles is 1. The van der Waals surface area contributed by atoms with Crippen LogP contribution in [0.25, 0.3) is 0 Å². The van der Waals surface area contributed by atoms with E-state index >= 15 is 0 Å². The lowest BCUT2D eigenvalue weighted by Gasteiger charge is -2.29. The molecule has 4 heteroatoms. The highest BCUT2D eigenvalue weighted by atomic mass is 19.1.